The second-order valence-electron chi connectivity index (χ2n) is 6.20. The molecular weight excluding hydrogens is 245 g/mol. The van der Waals surface area contributed by atoms with E-state index in [1.807, 2.05) is 30.9 Å². The van der Waals surface area contributed by atoms with E-state index in [1.165, 1.54) is 0 Å². The lowest BCUT2D eigenvalue weighted by Gasteiger charge is -2.40. The molecule has 0 spiro atoms. The summed E-state index contributed by atoms with van der Waals surface area (Å²) in [4.78, 5) is 0. The van der Waals surface area contributed by atoms with Crippen LogP contribution in [0, 0.1) is 0 Å². The van der Waals surface area contributed by atoms with Gasteiger partial charge in [0.15, 0.2) is 0 Å². The molecule has 0 bridgehead atoms. The largest absolute Gasteiger partial charge is 0.388 e. The lowest BCUT2D eigenvalue weighted by atomic mass is 9.80. The zero-order valence-corrected chi connectivity index (χ0v) is 11.8. The van der Waals surface area contributed by atoms with Crippen LogP contribution in [0.4, 0.5) is 4.39 Å². The summed E-state index contributed by atoms with van der Waals surface area (Å²) in [6.07, 6.45) is 3.46. The average molecular weight is 267 g/mol. The molecule has 2 N–H and O–H groups in total. The Balaban J connectivity index is 1.90. The number of hydrogen-bond acceptors (Lipinski definition) is 4. The van der Waals surface area contributed by atoms with Gasteiger partial charge in [0.2, 0.25) is 0 Å². The molecule has 19 heavy (non-hydrogen) atoms. The van der Waals surface area contributed by atoms with E-state index in [0.29, 0.717) is 18.5 Å². The van der Waals surface area contributed by atoms with Crippen LogP contribution < -0.4 is 5.53 Å². The van der Waals surface area contributed by atoms with Gasteiger partial charge >= 0.3 is 0 Å². The first-order valence-corrected chi connectivity index (χ1v) is 6.97. The Kier molecular flexibility index (Phi) is 2.96. The molecule has 3 aliphatic rings. The molecule has 1 unspecified atom stereocenters. The van der Waals surface area contributed by atoms with Crippen LogP contribution in [-0.2, 0) is 0 Å². The predicted octanol–water partition coefficient (Wildman–Crippen LogP) is 1.86. The minimum absolute atomic E-state index is 0.0889. The van der Waals surface area contributed by atoms with Gasteiger partial charge in [-0.05, 0) is 45.1 Å². The van der Waals surface area contributed by atoms with Crippen LogP contribution in [-0.4, -0.2) is 40.4 Å². The van der Waals surface area contributed by atoms with Gasteiger partial charge in [0, 0.05) is 12.6 Å². The molecular formula is C14H22FN3O. The third kappa shape index (κ3) is 2.00. The number of allylic oxidation sites excluding steroid dienone is 2. The summed E-state index contributed by atoms with van der Waals surface area (Å²) in [6, 6.07) is 0.170. The lowest BCUT2D eigenvalue weighted by Crippen LogP contribution is -2.51. The number of fused-ring (bicyclic) bond motifs is 1. The Hall–Kier alpha value is -0.910. The number of nitrogens with zero attached hydrogens (tertiary/aromatic N) is 2. The Morgan fingerprint density at radius 3 is 2.68 bits per heavy atom. The average Bonchev–Trinajstić information content (AvgIpc) is 2.61. The highest BCUT2D eigenvalue weighted by atomic mass is 19.1. The van der Waals surface area contributed by atoms with Gasteiger partial charge in [-0.25, -0.2) is 9.40 Å². The molecule has 106 valence electrons. The predicted molar refractivity (Wildman–Crippen MR) is 71.3 cm³/mol. The normalized spacial score (nSPS) is 30.8. The van der Waals surface area contributed by atoms with Gasteiger partial charge in [-0.2, -0.15) is 5.53 Å². The lowest BCUT2D eigenvalue weighted by molar-refractivity contribution is -0.0651. The van der Waals surface area contributed by atoms with E-state index in [2.05, 4.69) is 5.53 Å². The zero-order valence-electron chi connectivity index (χ0n) is 11.8. The second kappa shape index (κ2) is 4.30. The number of β-amino-alcohol motifs (C(OH)–C–C–N with tert-alkyl or cyclic N) is 1. The van der Waals surface area contributed by atoms with Crippen molar-refractivity contribution in [3.8, 4) is 0 Å². The fourth-order valence-corrected chi connectivity index (χ4v) is 3.33. The van der Waals surface area contributed by atoms with Crippen molar-refractivity contribution < 1.29 is 9.50 Å². The molecule has 0 aromatic heterocycles. The van der Waals surface area contributed by atoms with Crippen molar-refractivity contribution in [2.75, 3.05) is 13.6 Å². The molecule has 1 saturated heterocycles. The molecule has 4 nitrogen and oxygen atoms in total. The Bertz CT molecular complexity index is 467. The molecule has 0 aromatic carbocycles. The SMILES string of the molecule is CC1=C(F)C(C)=C2C(C1)N(C)NN2CC1(O)CCC1. The van der Waals surface area contributed by atoms with Crippen molar-refractivity contribution >= 4 is 0 Å². The van der Waals surface area contributed by atoms with Crippen molar-refractivity contribution in [3.05, 3.63) is 22.7 Å². The summed E-state index contributed by atoms with van der Waals surface area (Å²) in [5.41, 5.74) is 5.13. The summed E-state index contributed by atoms with van der Waals surface area (Å²) < 4.78 is 14.1. The fourth-order valence-electron chi connectivity index (χ4n) is 3.33. The van der Waals surface area contributed by atoms with E-state index in [9.17, 15) is 9.50 Å². The van der Waals surface area contributed by atoms with E-state index < -0.39 is 5.60 Å². The number of hydrazine groups is 2. The number of nitrogens with one attached hydrogen (secondary N) is 1. The molecule has 3 rings (SSSR count). The number of halogens is 1. The second-order valence-corrected chi connectivity index (χ2v) is 6.20. The van der Waals surface area contributed by atoms with Crippen LogP contribution in [0.3, 0.4) is 0 Å². The van der Waals surface area contributed by atoms with Crippen LogP contribution in [0.25, 0.3) is 0 Å². The fraction of sp³-hybridized carbons (Fsp3) is 0.714. The molecule has 2 aliphatic carbocycles. The van der Waals surface area contributed by atoms with Gasteiger partial charge < -0.3 is 5.11 Å². The summed E-state index contributed by atoms with van der Waals surface area (Å²) in [5, 5.41) is 14.3. The highest BCUT2D eigenvalue weighted by molar-refractivity contribution is 5.40. The minimum Gasteiger partial charge on any atom is -0.388 e. The maximum Gasteiger partial charge on any atom is 0.126 e. The monoisotopic (exact) mass is 267 g/mol. The van der Waals surface area contributed by atoms with Crippen molar-refractivity contribution in [1.29, 1.82) is 0 Å². The first-order valence-electron chi connectivity index (χ1n) is 6.97. The Morgan fingerprint density at radius 1 is 1.42 bits per heavy atom. The molecule has 5 heteroatoms. The van der Waals surface area contributed by atoms with Gasteiger partial charge in [0.25, 0.3) is 0 Å². The van der Waals surface area contributed by atoms with Crippen LogP contribution in [0.15, 0.2) is 22.7 Å². The first kappa shape index (κ1) is 13.1. The number of hydrogen-bond donors (Lipinski definition) is 2. The first-order chi connectivity index (χ1) is 8.91. The van der Waals surface area contributed by atoms with Crippen molar-refractivity contribution in [3.63, 3.8) is 0 Å². The van der Waals surface area contributed by atoms with Gasteiger partial charge in [-0.3, -0.25) is 5.01 Å². The maximum absolute atomic E-state index is 14.1. The zero-order chi connectivity index (χ0) is 13.8. The van der Waals surface area contributed by atoms with Crippen LogP contribution >= 0.6 is 0 Å². The van der Waals surface area contributed by atoms with Crippen LogP contribution in [0.5, 0.6) is 0 Å². The van der Waals surface area contributed by atoms with E-state index in [-0.39, 0.29) is 11.9 Å². The van der Waals surface area contributed by atoms with Gasteiger partial charge in [-0.15, -0.1) is 0 Å². The third-order valence-corrected chi connectivity index (χ3v) is 4.68. The topological polar surface area (TPSA) is 38.7 Å². The van der Waals surface area contributed by atoms with Crippen LogP contribution in [0.1, 0.15) is 39.5 Å². The highest BCUT2D eigenvalue weighted by Crippen LogP contribution is 2.40. The summed E-state index contributed by atoms with van der Waals surface area (Å²) in [5.74, 6) is -0.0889. The summed E-state index contributed by atoms with van der Waals surface area (Å²) >= 11 is 0. The van der Waals surface area contributed by atoms with Crippen molar-refractivity contribution in [1.82, 2.24) is 15.6 Å². The van der Waals surface area contributed by atoms with Gasteiger partial charge in [0.05, 0.1) is 23.9 Å². The summed E-state index contributed by atoms with van der Waals surface area (Å²) in [7, 11) is 1.97. The van der Waals surface area contributed by atoms with Crippen molar-refractivity contribution in [2.24, 2.45) is 0 Å². The van der Waals surface area contributed by atoms with E-state index in [0.717, 1.165) is 30.5 Å². The molecule has 0 radical (unpaired) electrons. The molecule has 2 fully saturated rings. The van der Waals surface area contributed by atoms with E-state index in [4.69, 9.17) is 0 Å². The highest BCUT2D eigenvalue weighted by Gasteiger charge is 2.43. The summed E-state index contributed by atoms with van der Waals surface area (Å²) in [6.45, 7) is 4.22. The smallest absolute Gasteiger partial charge is 0.126 e. The van der Waals surface area contributed by atoms with Gasteiger partial charge in [0.1, 0.15) is 5.83 Å². The third-order valence-electron chi connectivity index (χ3n) is 4.68. The minimum atomic E-state index is -0.608. The number of likely N-dealkylation sites (N-methyl/N-ethyl adjacent to an activating group) is 1. The number of rotatable bonds is 2. The quantitative estimate of drug-likeness (QED) is 0.801. The molecule has 1 atom stereocenters. The molecule has 0 amide bonds. The molecule has 1 aliphatic heterocycles. The molecule has 1 heterocycles. The van der Waals surface area contributed by atoms with E-state index in [1.54, 1.807) is 0 Å². The molecule has 0 aromatic rings. The maximum atomic E-state index is 14.1. The number of aliphatic hydroxyl groups is 1. The standard InChI is InChI=1S/C14H22FN3O/c1-9-7-11-13(10(2)12(9)15)18(16-17(11)3)8-14(19)5-4-6-14/h11,16,19H,4-8H2,1-3H3. The van der Waals surface area contributed by atoms with Crippen LogP contribution in [0.2, 0.25) is 0 Å². The van der Waals surface area contributed by atoms with Gasteiger partial charge in [-0.1, -0.05) is 0 Å². The van der Waals surface area contributed by atoms with E-state index >= 15 is 0 Å². The Labute approximate surface area is 113 Å². The Morgan fingerprint density at radius 2 is 2.11 bits per heavy atom. The van der Waals surface area contributed by atoms with Crippen molar-refractivity contribution in [2.45, 2.75) is 51.2 Å². The molecule has 1 saturated carbocycles.